The summed E-state index contributed by atoms with van der Waals surface area (Å²) in [5, 5.41) is 17.3. The summed E-state index contributed by atoms with van der Waals surface area (Å²) in [4.78, 5) is 10.4. The van der Waals surface area contributed by atoms with Gasteiger partial charge in [0.25, 0.3) is 15.7 Å². The summed E-state index contributed by atoms with van der Waals surface area (Å²) in [6, 6.07) is 4.23. The van der Waals surface area contributed by atoms with Crippen LogP contribution in [0.3, 0.4) is 0 Å². The van der Waals surface area contributed by atoms with E-state index < -0.39 is 14.9 Å². The number of H-pyrrole nitrogens is 1. The van der Waals surface area contributed by atoms with E-state index in [0.717, 1.165) is 0 Å². The molecule has 0 radical (unpaired) electrons. The summed E-state index contributed by atoms with van der Waals surface area (Å²) < 4.78 is 27.2. The van der Waals surface area contributed by atoms with Crippen LogP contribution in [0.4, 0.5) is 11.4 Å². The van der Waals surface area contributed by atoms with E-state index in [9.17, 15) is 18.5 Å². The average Bonchev–Trinajstić information content (AvgIpc) is 2.71. The molecule has 0 fully saturated rings. The summed E-state index contributed by atoms with van der Waals surface area (Å²) >= 11 is 0. The Morgan fingerprint density at radius 2 is 1.95 bits per heavy atom. The van der Waals surface area contributed by atoms with Crippen LogP contribution in [0.1, 0.15) is 17.0 Å². The Hall–Kier alpha value is -2.42. The molecule has 9 heteroatoms. The van der Waals surface area contributed by atoms with E-state index in [4.69, 9.17) is 0 Å². The third-order valence-corrected chi connectivity index (χ3v) is 4.70. The number of aromatic nitrogens is 2. The van der Waals surface area contributed by atoms with Gasteiger partial charge in [-0.1, -0.05) is 6.07 Å². The molecule has 0 bridgehead atoms. The fraction of sp³-hybridized carbons (Fsp3) is 0.250. The van der Waals surface area contributed by atoms with Crippen molar-refractivity contribution in [2.75, 3.05) is 4.72 Å². The van der Waals surface area contributed by atoms with E-state index in [2.05, 4.69) is 14.9 Å². The fourth-order valence-corrected chi connectivity index (χ4v) is 3.56. The second-order valence-corrected chi connectivity index (χ2v) is 6.19. The molecule has 0 aliphatic rings. The molecule has 2 aromatic rings. The number of benzene rings is 1. The van der Waals surface area contributed by atoms with Gasteiger partial charge in [-0.05, 0) is 26.8 Å². The van der Waals surface area contributed by atoms with Crippen LogP contribution in [0, 0.1) is 30.9 Å². The van der Waals surface area contributed by atoms with Crippen molar-refractivity contribution in [1.82, 2.24) is 10.2 Å². The minimum absolute atomic E-state index is 0.0495. The predicted octanol–water partition coefficient (Wildman–Crippen LogP) is 2.04. The lowest BCUT2D eigenvalue weighted by Gasteiger charge is -2.10. The van der Waals surface area contributed by atoms with Gasteiger partial charge in [0.15, 0.2) is 0 Å². The number of hydrogen-bond donors (Lipinski definition) is 2. The topological polar surface area (TPSA) is 118 Å². The van der Waals surface area contributed by atoms with Crippen LogP contribution in [0.25, 0.3) is 0 Å². The van der Waals surface area contributed by atoms with Gasteiger partial charge in [0, 0.05) is 6.07 Å². The Kier molecular flexibility index (Phi) is 3.69. The van der Waals surface area contributed by atoms with Gasteiger partial charge in [0.2, 0.25) is 0 Å². The van der Waals surface area contributed by atoms with E-state index in [0.29, 0.717) is 11.4 Å². The molecule has 21 heavy (non-hydrogen) atoms. The van der Waals surface area contributed by atoms with Gasteiger partial charge in [-0.3, -0.25) is 19.9 Å². The van der Waals surface area contributed by atoms with E-state index in [1.54, 1.807) is 13.8 Å². The summed E-state index contributed by atoms with van der Waals surface area (Å²) in [5.41, 5.74) is 1.02. The third-order valence-electron chi connectivity index (χ3n) is 3.08. The Bertz CT molecular complexity index is 791. The molecule has 0 saturated carbocycles. The molecule has 0 saturated heterocycles. The Morgan fingerprint density at radius 1 is 1.29 bits per heavy atom. The number of sulfonamides is 1. The molecule has 0 aliphatic carbocycles. The molecule has 0 aliphatic heterocycles. The van der Waals surface area contributed by atoms with Crippen molar-refractivity contribution in [3.63, 3.8) is 0 Å². The zero-order chi connectivity index (χ0) is 15.8. The highest BCUT2D eigenvalue weighted by atomic mass is 32.2. The molecular formula is C12H14N4O4S. The van der Waals surface area contributed by atoms with Crippen LogP contribution < -0.4 is 4.72 Å². The molecule has 1 heterocycles. The molecular weight excluding hydrogens is 296 g/mol. The maximum atomic E-state index is 12.4. The SMILES string of the molecule is Cc1n[nH]c(C)c1S(=O)(=O)Nc1cccc([N+](=O)[O-])c1C. The minimum Gasteiger partial charge on any atom is -0.281 e. The number of rotatable bonds is 4. The lowest BCUT2D eigenvalue weighted by Crippen LogP contribution is -2.15. The summed E-state index contributed by atoms with van der Waals surface area (Å²) in [5.74, 6) is 0. The fourth-order valence-electron chi connectivity index (χ4n) is 2.06. The number of aromatic amines is 1. The first-order valence-electron chi connectivity index (χ1n) is 6.02. The van der Waals surface area contributed by atoms with Crippen LogP contribution in [-0.2, 0) is 10.0 Å². The number of nitrogens with zero attached hydrogens (tertiary/aromatic N) is 2. The maximum absolute atomic E-state index is 12.4. The van der Waals surface area contributed by atoms with Crippen molar-refractivity contribution in [2.24, 2.45) is 0 Å². The molecule has 0 spiro atoms. The summed E-state index contributed by atoms with van der Waals surface area (Å²) in [6.07, 6.45) is 0. The number of anilines is 1. The number of nitro benzene ring substituents is 1. The number of hydrogen-bond acceptors (Lipinski definition) is 5. The first kappa shape index (κ1) is 15.0. The molecule has 0 amide bonds. The number of nitrogens with one attached hydrogen (secondary N) is 2. The maximum Gasteiger partial charge on any atom is 0.274 e. The highest BCUT2D eigenvalue weighted by molar-refractivity contribution is 7.92. The quantitative estimate of drug-likeness (QED) is 0.661. The molecule has 0 atom stereocenters. The van der Waals surface area contributed by atoms with Gasteiger partial charge < -0.3 is 0 Å². The predicted molar refractivity (Wildman–Crippen MR) is 76.7 cm³/mol. The highest BCUT2D eigenvalue weighted by Gasteiger charge is 2.24. The Labute approximate surface area is 121 Å². The van der Waals surface area contributed by atoms with Crippen molar-refractivity contribution in [1.29, 1.82) is 0 Å². The Morgan fingerprint density at radius 3 is 2.48 bits per heavy atom. The van der Waals surface area contributed by atoms with Crippen LogP contribution in [0.15, 0.2) is 23.1 Å². The molecule has 112 valence electrons. The summed E-state index contributed by atoms with van der Waals surface area (Å²) in [6.45, 7) is 4.65. The standard InChI is InChI=1S/C12H14N4O4S/c1-7-10(5-4-6-11(7)16(17)18)15-21(19,20)12-8(2)13-14-9(12)3/h4-6,15H,1-3H3,(H,13,14). The molecule has 2 N–H and O–H groups in total. The van der Waals surface area contributed by atoms with E-state index in [-0.39, 0.29) is 21.8 Å². The van der Waals surface area contributed by atoms with Crippen LogP contribution in [0.5, 0.6) is 0 Å². The van der Waals surface area contributed by atoms with Crippen molar-refractivity contribution >= 4 is 21.4 Å². The number of aryl methyl sites for hydroxylation is 2. The first-order valence-corrected chi connectivity index (χ1v) is 7.50. The molecule has 2 rings (SSSR count). The van der Waals surface area contributed by atoms with Crippen molar-refractivity contribution < 1.29 is 13.3 Å². The largest absolute Gasteiger partial charge is 0.281 e. The third kappa shape index (κ3) is 2.72. The first-order chi connectivity index (χ1) is 9.74. The second-order valence-electron chi connectivity index (χ2n) is 4.58. The van der Waals surface area contributed by atoms with Gasteiger partial charge in [0.05, 0.1) is 27.6 Å². The monoisotopic (exact) mass is 310 g/mol. The normalized spacial score (nSPS) is 11.4. The van der Waals surface area contributed by atoms with Crippen LogP contribution >= 0.6 is 0 Å². The van der Waals surface area contributed by atoms with Gasteiger partial charge in [-0.2, -0.15) is 5.10 Å². The van der Waals surface area contributed by atoms with Crippen molar-refractivity contribution in [3.05, 3.63) is 45.3 Å². The summed E-state index contributed by atoms with van der Waals surface area (Å²) in [7, 11) is -3.86. The van der Waals surface area contributed by atoms with Crippen LogP contribution in [0.2, 0.25) is 0 Å². The van der Waals surface area contributed by atoms with Gasteiger partial charge in [-0.15, -0.1) is 0 Å². The zero-order valence-corrected chi connectivity index (χ0v) is 12.5. The zero-order valence-electron chi connectivity index (χ0n) is 11.7. The number of nitro groups is 1. The van der Waals surface area contributed by atoms with E-state index >= 15 is 0 Å². The smallest absolute Gasteiger partial charge is 0.274 e. The van der Waals surface area contributed by atoms with E-state index in [1.165, 1.54) is 25.1 Å². The lowest BCUT2D eigenvalue weighted by atomic mass is 10.2. The van der Waals surface area contributed by atoms with Gasteiger partial charge >= 0.3 is 0 Å². The highest BCUT2D eigenvalue weighted by Crippen LogP contribution is 2.28. The van der Waals surface area contributed by atoms with Gasteiger partial charge in [0.1, 0.15) is 4.90 Å². The lowest BCUT2D eigenvalue weighted by molar-refractivity contribution is -0.385. The molecule has 8 nitrogen and oxygen atoms in total. The average molecular weight is 310 g/mol. The molecule has 1 aromatic carbocycles. The van der Waals surface area contributed by atoms with Crippen molar-refractivity contribution in [3.8, 4) is 0 Å². The second kappa shape index (κ2) is 5.17. The van der Waals surface area contributed by atoms with E-state index in [1.807, 2.05) is 0 Å². The van der Waals surface area contributed by atoms with Crippen LogP contribution in [-0.4, -0.2) is 23.5 Å². The Balaban J connectivity index is 2.48. The van der Waals surface area contributed by atoms with Crippen molar-refractivity contribution in [2.45, 2.75) is 25.7 Å². The van der Waals surface area contributed by atoms with Gasteiger partial charge in [-0.25, -0.2) is 8.42 Å². The molecule has 1 aromatic heterocycles. The minimum atomic E-state index is -3.86. The molecule has 0 unspecified atom stereocenters.